The summed E-state index contributed by atoms with van der Waals surface area (Å²) < 4.78 is 15.5. The number of nitrogens with zero attached hydrogens (tertiary/aromatic N) is 2. The quantitative estimate of drug-likeness (QED) is 0.483. The number of piperidine rings is 1. The molecule has 27 heavy (non-hydrogen) atoms. The van der Waals surface area contributed by atoms with E-state index in [9.17, 15) is 14.9 Å². The van der Waals surface area contributed by atoms with Crippen LogP contribution in [0.4, 0.5) is 0 Å². The van der Waals surface area contributed by atoms with Crippen LogP contribution in [0.5, 0.6) is 0 Å². The molecule has 144 valence electrons. The molecule has 9 heteroatoms. The van der Waals surface area contributed by atoms with Gasteiger partial charge in [0.1, 0.15) is 18.0 Å². The molecule has 5 atom stereocenters. The third-order valence-corrected chi connectivity index (χ3v) is 7.75. The highest BCUT2D eigenvalue weighted by Gasteiger charge is 2.70. The molecule has 0 aromatic rings. The third-order valence-electron chi connectivity index (χ3n) is 5.05. The number of rotatable bonds is 6. The predicted octanol–water partition coefficient (Wildman–Crippen LogP) is 1.89. The Morgan fingerprint density at radius 2 is 2.19 bits per heavy atom. The van der Waals surface area contributed by atoms with Gasteiger partial charge in [-0.05, 0) is 6.26 Å². The topological polar surface area (TPSA) is 88.9 Å². The third kappa shape index (κ3) is 2.70. The van der Waals surface area contributed by atoms with E-state index in [-0.39, 0.29) is 6.61 Å². The van der Waals surface area contributed by atoms with E-state index in [2.05, 4.69) is 12.6 Å². The minimum absolute atomic E-state index is 0.248. The molecule has 1 aliphatic carbocycles. The lowest BCUT2D eigenvalue weighted by Crippen LogP contribution is -2.74. The maximum absolute atomic E-state index is 13.0. The summed E-state index contributed by atoms with van der Waals surface area (Å²) in [6.07, 6.45) is 6.58. The Balaban J connectivity index is 2.26. The van der Waals surface area contributed by atoms with Gasteiger partial charge in [0.25, 0.3) is 0 Å². The highest BCUT2D eigenvalue weighted by Crippen LogP contribution is 2.61. The lowest BCUT2D eigenvalue weighted by molar-refractivity contribution is -0.180. The van der Waals surface area contributed by atoms with Crippen LogP contribution in [0.2, 0.25) is 0 Å². The number of thioether (sulfide) groups is 2. The largest absolute Gasteiger partial charge is 0.469 e. The van der Waals surface area contributed by atoms with E-state index >= 15 is 0 Å². The van der Waals surface area contributed by atoms with Crippen LogP contribution in [0.25, 0.3) is 0 Å². The highest BCUT2D eigenvalue weighted by molar-refractivity contribution is 8.23. The maximum Gasteiger partial charge on any atom is 0.325 e. The number of allylic oxidation sites excluding steroid dienone is 1. The first-order valence-electron chi connectivity index (χ1n) is 8.24. The number of carbonyl (C=O) groups excluding carboxylic acids is 2. The molecule has 3 heterocycles. The smallest absolute Gasteiger partial charge is 0.325 e. The van der Waals surface area contributed by atoms with Crippen LogP contribution in [-0.2, 0) is 23.8 Å². The van der Waals surface area contributed by atoms with Crippen molar-refractivity contribution >= 4 is 35.5 Å². The zero-order valence-corrected chi connectivity index (χ0v) is 16.8. The van der Waals surface area contributed by atoms with Gasteiger partial charge in [0.15, 0.2) is 4.75 Å². The monoisotopic (exact) mass is 408 g/mol. The molecule has 0 N–H and O–H groups in total. The van der Waals surface area contributed by atoms with Crippen LogP contribution >= 0.6 is 23.5 Å². The molecule has 4 aliphatic rings. The summed E-state index contributed by atoms with van der Waals surface area (Å²) in [5.74, 6) is -2.29. The standard InChI is InChI=1S/C18H20N2O5S2/c1-5-8-25-14-10-6-7-12-18(17(22)24-3,13(10)15(21)23-2)27-16(26-4)11(9-19)20(12)14/h5-7,10,12-14H,1,8H2,2-4H3. The summed E-state index contributed by atoms with van der Waals surface area (Å²) >= 11 is 2.57. The highest BCUT2D eigenvalue weighted by atomic mass is 32.2. The minimum atomic E-state index is -1.24. The van der Waals surface area contributed by atoms with Crippen molar-refractivity contribution in [2.24, 2.45) is 11.8 Å². The summed E-state index contributed by atoms with van der Waals surface area (Å²) in [6.45, 7) is 3.92. The molecule has 5 unspecified atom stereocenters. The van der Waals surface area contributed by atoms with Gasteiger partial charge in [-0.1, -0.05) is 30.0 Å². The molecule has 0 radical (unpaired) electrons. The van der Waals surface area contributed by atoms with Gasteiger partial charge >= 0.3 is 11.9 Å². The zero-order chi connectivity index (χ0) is 19.8. The van der Waals surface area contributed by atoms with E-state index in [1.807, 2.05) is 18.4 Å². The number of methoxy groups -OCH3 is 2. The average molecular weight is 409 g/mol. The Bertz CT molecular complexity index is 774. The van der Waals surface area contributed by atoms with E-state index < -0.39 is 40.8 Å². The van der Waals surface area contributed by atoms with Crippen molar-refractivity contribution in [1.82, 2.24) is 4.90 Å². The fourth-order valence-electron chi connectivity index (χ4n) is 4.07. The van der Waals surface area contributed by atoms with E-state index in [1.165, 1.54) is 37.7 Å². The van der Waals surface area contributed by atoms with Gasteiger partial charge in [0, 0.05) is 5.92 Å². The second kappa shape index (κ2) is 7.62. The molecule has 1 fully saturated rings. The van der Waals surface area contributed by atoms with Crippen LogP contribution in [0.1, 0.15) is 0 Å². The van der Waals surface area contributed by atoms with E-state index in [0.717, 1.165) is 0 Å². The maximum atomic E-state index is 13.0. The molecule has 4 bridgehead atoms. The summed E-state index contributed by atoms with van der Waals surface area (Å²) in [4.78, 5) is 27.6. The van der Waals surface area contributed by atoms with Gasteiger partial charge in [0.2, 0.25) is 0 Å². The summed E-state index contributed by atoms with van der Waals surface area (Å²) in [5.41, 5.74) is 0.434. The fourth-order valence-corrected chi connectivity index (χ4v) is 6.57. The zero-order valence-electron chi connectivity index (χ0n) is 15.2. The summed E-state index contributed by atoms with van der Waals surface area (Å²) in [6, 6.07) is 1.67. The molecule has 0 amide bonds. The Hall–Kier alpha value is -1.89. The molecule has 1 saturated heterocycles. The molecule has 0 aromatic carbocycles. The first kappa shape index (κ1) is 19.9. The lowest BCUT2D eigenvalue weighted by atomic mass is 9.66. The number of esters is 2. The van der Waals surface area contributed by atoms with Crippen LogP contribution in [0.3, 0.4) is 0 Å². The van der Waals surface area contributed by atoms with Crippen molar-refractivity contribution in [3.05, 3.63) is 34.7 Å². The Morgan fingerprint density at radius 1 is 1.44 bits per heavy atom. The number of hydrogen-bond donors (Lipinski definition) is 0. The van der Waals surface area contributed by atoms with Crippen molar-refractivity contribution in [2.45, 2.75) is 17.0 Å². The number of ether oxygens (including phenoxy) is 3. The summed E-state index contributed by atoms with van der Waals surface area (Å²) in [7, 11) is 2.60. The number of nitriles is 1. The van der Waals surface area contributed by atoms with Crippen LogP contribution in [0, 0.1) is 23.2 Å². The van der Waals surface area contributed by atoms with Gasteiger partial charge in [-0.25, -0.2) is 0 Å². The molecular weight excluding hydrogens is 388 g/mol. The van der Waals surface area contributed by atoms with Crippen molar-refractivity contribution in [3.8, 4) is 6.07 Å². The van der Waals surface area contributed by atoms with Gasteiger partial charge in [-0.3, -0.25) is 9.59 Å². The fraction of sp³-hybridized carbons (Fsp3) is 0.500. The average Bonchev–Trinajstić information content (AvgIpc) is 2.71. The molecule has 0 aromatic heterocycles. The summed E-state index contributed by atoms with van der Waals surface area (Å²) in [5, 5.41) is 9.79. The van der Waals surface area contributed by atoms with Crippen LogP contribution in [-0.4, -0.2) is 60.9 Å². The lowest BCUT2D eigenvalue weighted by Gasteiger charge is -2.61. The number of hydrogen-bond acceptors (Lipinski definition) is 9. The Kier molecular flexibility index (Phi) is 5.60. The first-order chi connectivity index (χ1) is 13.0. The molecular formula is C18H20N2O5S2. The molecule has 7 nitrogen and oxygen atoms in total. The van der Waals surface area contributed by atoms with Gasteiger partial charge < -0.3 is 19.1 Å². The van der Waals surface area contributed by atoms with E-state index in [4.69, 9.17) is 14.2 Å². The van der Waals surface area contributed by atoms with Gasteiger partial charge in [-0.15, -0.1) is 18.3 Å². The molecule has 0 saturated carbocycles. The van der Waals surface area contributed by atoms with Crippen molar-refractivity contribution in [2.75, 3.05) is 27.1 Å². The Morgan fingerprint density at radius 3 is 2.74 bits per heavy atom. The Labute approximate surface area is 166 Å². The van der Waals surface area contributed by atoms with Gasteiger partial charge in [-0.2, -0.15) is 5.26 Å². The van der Waals surface area contributed by atoms with Crippen LogP contribution < -0.4 is 0 Å². The number of carbonyl (C=O) groups is 2. The first-order valence-corrected chi connectivity index (χ1v) is 10.3. The SMILES string of the molecule is C=CCOC1C2C=CC3N1C(C#N)=C(SC)SC3(C(=O)OC)C2C(=O)OC. The minimum Gasteiger partial charge on any atom is -0.469 e. The van der Waals surface area contributed by atoms with E-state index in [0.29, 0.717) is 9.93 Å². The van der Waals surface area contributed by atoms with E-state index in [1.54, 1.807) is 11.0 Å². The van der Waals surface area contributed by atoms with Crippen LogP contribution in [0.15, 0.2) is 34.7 Å². The second-order valence-corrected chi connectivity index (χ2v) is 8.53. The predicted molar refractivity (Wildman–Crippen MR) is 102 cm³/mol. The normalized spacial score (nSPS) is 33.5. The molecule has 0 spiro atoms. The van der Waals surface area contributed by atoms with Crippen molar-refractivity contribution in [3.63, 3.8) is 0 Å². The van der Waals surface area contributed by atoms with Crippen molar-refractivity contribution in [1.29, 1.82) is 5.26 Å². The molecule has 3 aliphatic heterocycles. The van der Waals surface area contributed by atoms with Crippen molar-refractivity contribution < 1.29 is 23.8 Å². The molecule has 4 rings (SSSR count). The second-order valence-electron chi connectivity index (χ2n) is 6.17. The van der Waals surface area contributed by atoms with Gasteiger partial charge in [0.05, 0.1) is 37.0 Å².